The van der Waals surface area contributed by atoms with E-state index >= 15 is 0 Å². The van der Waals surface area contributed by atoms with Crippen molar-refractivity contribution in [2.24, 2.45) is 7.05 Å². The number of aromatic nitrogens is 2. The van der Waals surface area contributed by atoms with Gasteiger partial charge in [0.25, 0.3) is 5.69 Å². The highest BCUT2D eigenvalue weighted by Gasteiger charge is 2.12. The van der Waals surface area contributed by atoms with E-state index in [-0.39, 0.29) is 17.3 Å². The van der Waals surface area contributed by atoms with E-state index in [1.807, 2.05) is 0 Å². The SMILES string of the molecule is Cn1cc(C(O)CNc2ccc([N+](=O)[O-])cc2Cl)cn1. The summed E-state index contributed by atoms with van der Waals surface area (Å²) in [6, 6.07) is 4.13. The third kappa shape index (κ3) is 3.25. The second kappa shape index (κ2) is 5.89. The standard InChI is InChI=1S/C12H13ClN4O3/c1-16-7-8(5-15-16)12(18)6-14-11-3-2-9(17(19)20)4-10(11)13/h2-5,7,12,14,18H,6H2,1H3. The number of hydrogen-bond acceptors (Lipinski definition) is 5. The first kappa shape index (κ1) is 14.3. The number of nitro benzene ring substituents is 1. The number of benzene rings is 1. The Morgan fingerprint density at radius 2 is 2.35 bits per heavy atom. The first-order valence-electron chi connectivity index (χ1n) is 5.82. The van der Waals surface area contributed by atoms with Crippen molar-refractivity contribution >= 4 is 23.0 Å². The molecule has 0 spiro atoms. The third-order valence-corrected chi connectivity index (χ3v) is 3.07. The summed E-state index contributed by atoms with van der Waals surface area (Å²) in [7, 11) is 1.76. The second-order valence-corrected chi connectivity index (χ2v) is 4.67. The molecule has 106 valence electrons. The molecule has 7 nitrogen and oxygen atoms in total. The van der Waals surface area contributed by atoms with Gasteiger partial charge in [-0.3, -0.25) is 14.8 Å². The van der Waals surface area contributed by atoms with Crippen LogP contribution in [-0.4, -0.2) is 26.4 Å². The second-order valence-electron chi connectivity index (χ2n) is 4.27. The molecule has 0 saturated carbocycles. The topological polar surface area (TPSA) is 93.2 Å². The van der Waals surface area contributed by atoms with Gasteiger partial charge >= 0.3 is 0 Å². The number of nitro groups is 1. The molecule has 1 aromatic carbocycles. The molecule has 2 N–H and O–H groups in total. The fourth-order valence-corrected chi connectivity index (χ4v) is 1.94. The minimum atomic E-state index is -0.741. The summed E-state index contributed by atoms with van der Waals surface area (Å²) in [6.07, 6.45) is 2.54. The lowest BCUT2D eigenvalue weighted by atomic mass is 10.2. The molecular formula is C12H13ClN4O3. The van der Waals surface area contributed by atoms with Crippen LogP contribution in [0.25, 0.3) is 0 Å². The smallest absolute Gasteiger partial charge is 0.271 e. The number of hydrogen-bond donors (Lipinski definition) is 2. The van der Waals surface area contributed by atoms with E-state index in [0.717, 1.165) is 0 Å². The Hall–Kier alpha value is -2.12. The zero-order chi connectivity index (χ0) is 14.7. The zero-order valence-electron chi connectivity index (χ0n) is 10.7. The van der Waals surface area contributed by atoms with Crippen LogP contribution in [0.4, 0.5) is 11.4 Å². The number of anilines is 1. The highest BCUT2D eigenvalue weighted by molar-refractivity contribution is 6.33. The Morgan fingerprint density at radius 3 is 2.90 bits per heavy atom. The number of rotatable bonds is 5. The molecule has 1 heterocycles. The predicted molar refractivity (Wildman–Crippen MR) is 74.8 cm³/mol. The molecule has 1 aromatic heterocycles. The molecule has 0 aliphatic rings. The van der Waals surface area contributed by atoms with E-state index in [0.29, 0.717) is 11.3 Å². The van der Waals surface area contributed by atoms with Crippen LogP contribution in [0.2, 0.25) is 5.02 Å². The van der Waals surface area contributed by atoms with Crippen molar-refractivity contribution in [1.82, 2.24) is 9.78 Å². The summed E-state index contributed by atoms with van der Waals surface area (Å²) >= 11 is 5.94. The van der Waals surface area contributed by atoms with Gasteiger partial charge in [0.05, 0.1) is 27.9 Å². The molecule has 2 aromatic rings. The molecule has 8 heteroatoms. The molecule has 0 aliphatic heterocycles. The van der Waals surface area contributed by atoms with Gasteiger partial charge in [-0.05, 0) is 6.07 Å². The predicted octanol–water partition coefficient (Wildman–Crippen LogP) is 2.13. The van der Waals surface area contributed by atoms with Crippen molar-refractivity contribution < 1.29 is 10.0 Å². The quantitative estimate of drug-likeness (QED) is 0.651. The maximum absolute atomic E-state index is 10.6. The van der Waals surface area contributed by atoms with Crippen LogP contribution in [-0.2, 0) is 7.05 Å². The largest absolute Gasteiger partial charge is 0.386 e. The van der Waals surface area contributed by atoms with Gasteiger partial charge in [-0.2, -0.15) is 5.10 Å². The first-order chi connectivity index (χ1) is 9.47. The lowest BCUT2D eigenvalue weighted by Crippen LogP contribution is -2.12. The number of aliphatic hydroxyl groups is 1. The van der Waals surface area contributed by atoms with Gasteiger partial charge in [-0.25, -0.2) is 0 Å². The van der Waals surface area contributed by atoms with E-state index in [1.54, 1.807) is 24.1 Å². The normalized spacial score (nSPS) is 12.2. The van der Waals surface area contributed by atoms with Crippen LogP contribution in [0.3, 0.4) is 0 Å². The van der Waals surface area contributed by atoms with Crippen LogP contribution < -0.4 is 5.32 Å². The van der Waals surface area contributed by atoms with Crippen molar-refractivity contribution in [3.63, 3.8) is 0 Å². The molecular weight excluding hydrogens is 284 g/mol. The van der Waals surface area contributed by atoms with Crippen LogP contribution >= 0.6 is 11.6 Å². The molecule has 0 bridgehead atoms. The molecule has 1 unspecified atom stereocenters. The number of aryl methyl sites for hydroxylation is 1. The molecule has 1 atom stereocenters. The molecule has 20 heavy (non-hydrogen) atoms. The fraction of sp³-hybridized carbons (Fsp3) is 0.250. The summed E-state index contributed by atoms with van der Waals surface area (Å²) in [5.74, 6) is 0. The fourth-order valence-electron chi connectivity index (χ4n) is 1.70. The molecule has 0 saturated heterocycles. The number of nitrogens with zero attached hydrogens (tertiary/aromatic N) is 3. The molecule has 0 fully saturated rings. The van der Waals surface area contributed by atoms with Gasteiger partial charge in [-0.15, -0.1) is 0 Å². The summed E-state index contributed by atoms with van der Waals surface area (Å²) < 4.78 is 1.59. The van der Waals surface area contributed by atoms with Gasteiger partial charge in [0.1, 0.15) is 0 Å². The summed E-state index contributed by atoms with van der Waals surface area (Å²) in [5, 5.41) is 27.7. The first-order valence-corrected chi connectivity index (χ1v) is 6.19. The number of non-ortho nitro benzene ring substituents is 1. The minimum absolute atomic E-state index is 0.0756. The van der Waals surface area contributed by atoms with Crippen molar-refractivity contribution in [2.75, 3.05) is 11.9 Å². The van der Waals surface area contributed by atoms with Gasteiger partial charge < -0.3 is 10.4 Å². The van der Waals surface area contributed by atoms with Crippen molar-refractivity contribution in [2.45, 2.75) is 6.10 Å². The zero-order valence-corrected chi connectivity index (χ0v) is 11.4. The van der Waals surface area contributed by atoms with Gasteiger partial charge in [0, 0.05) is 37.5 Å². The number of nitrogens with one attached hydrogen (secondary N) is 1. The summed E-state index contributed by atoms with van der Waals surface area (Å²) in [6.45, 7) is 0.225. The highest BCUT2D eigenvalue weighted by Crippen LogP contribution is 2.27. The van der Waals surface area contributed by atoms with E-state index in [9.17, 15) is 15.2 Å². The molecule has 0 radical (unpaired) electrons. The molecule has 2 rings (SSSR count). The third-order valence-electron chi connectivity index (χ3n) is 2.76. The van der Waals surface area contributed by atoms with Gasteiger partial charge in [0.2, 0.25) is 0 Å². The van der Waals surface area contributed by atoms with Crippen molar-refractivity contribution in [1.29, 1.82) is 0 Å². The summed E-state index contributed by atoms with van der Waals surface area (Å²) in [4.78, 5) is 10.1. The number of halogens is 1. The van der Waals surface area contributed by atoms with Crippen LogP contribution in [0.15, 0.2) is 30.6 Å². The Morgan fingerprint density at radius 1 is 1.60 bits per heavy atom. The summed E-state index contributed by atoms with van der Waals surface area (Å²) in [5.41, 5.74) is 1.13. The monoisotopic (exact) mass is 296 g/mol. The van der Waals surface area contributed by atoms with Gasteiger partial charge in [-0.1, -0.05) is 11.6 Å². The van der Waals surface area contributed by atoms with E-state index in [4.69, 9.17) is 11.6 Å². The minimum Gasteiger partial charge on any atom is -0.386 e. The maximum atomic E-state index is 10.6. The van der Waals surface area contributed by atoms with E-state index in [1.165, 1.54) is 18.2 Å². The lowest BCUT2D eigenvalue weighted by Gasteiger charge is -2.12. The Bertz CT molecular complexity index is 629. The number of aliphatic hydroxyl groups excluding tert-OH is 1. The lowest BCUT2D eigenvalue weighted by molar-refractivity contribution is -0.384. The Balaban J connectivity index is 2.02. The highest BCUT2D eigenvalue weighted by atomic mass is 35.5. The Labute approximate surface area is 119 Å². The Kier molecular flexibility index (Phi) is 4.21. The van der Waals surface area contributed by atoms with Gasteiger partial charge in [0.15, 0.2) is 0 Å². The van der Waals surface area contributed by atoms with Crippen LogP contribution in [0.5, 0.6) is 0 Å². The van der Waals surface area contributed by atoms with E-state index in [2.05, 4.69) is 10.4 Å². The van der Waals surface area contributed by atoms with E-state index < -0.39 is 11.0 Å². The van der Waals surface area contributed by atoms with Crippen molar-refractivity contribution in [3.8, 4) is 0 Å². The molecule has 0 aliphatic carbocycles. The average Bonchev–Trinajstić information content (AvgIpc) is 2.83. The molecule has 0 amide bonds. The van der Waals surface area contributed by atoms with Crippen LogP contribution in [0, 0.1) is 10.1 Å². The van der Waals surface area contributed by atoms with Crippen molar-refractivity contribution in [3.05, 3.63) is 51.3 Å². The average molecular weight is 297 g/mol. The maximum Gasteiger partial charge on any atom is 0.271 e. The van der Waals surface area contributed by atoms with Crippen LogP contribution in [0.1, 0.15) is 11.7 Å².